The molecule has 0 aromatic carbocycles. The Morgan fingerprint density at radius 1 is 0.682 bits per heavy atom. The van der Waals surface area contributed by atoms with Gasteiger partial charge >= 0.3 is 30.3 Å². The Morgan fingerprint density at radius 3 is 1.32 bits per heavy atom. The number of hydrogen-bond acceptors (Lipinski definition) is 3. The first-order valence-corrected chi connectivity index (χ1v) is 8.26. The Kier molecular flexibility index (Phi) is 12.0. The van der Waals surface area contributed by atoms with E-state index in [1.54, 1.807) is 0 Å². The molecule has 0 bridgehead atoms. The average Bonchev–Trinajstić information content (AvgIpc) is 2.28. The monoisotopic (exact) mass is 346 g/mol. The molecule has 0 rings (SSSR count). The molecule has 0 N–H and O–H groups in total. The molecule has 0 radical (unpaired) electrons. The fourth-order valence-corrected chi connectivity index (χ4v) is 2.24. The van der Waals surface area contributed by atoms with Gasteiger partial charge in [0, 0.05) is 12.8 Å². The molecule has 0 heterocycles. The molecule has 0 aromatic rings. The van der Waals surface area contributed by atoms with E-state index in [2.05, 4.69) is 0 Å². The standard InChI is InChI=1S/C12H21F5O3S.Li/c13-11(14,15)9-7-5-3-1-2-4-6-8-10-12(16,17)21(18,19)20;/h1-10H2,(H,18,19,20);/q;+1/p-1. The predicted molar refractivity (Wildman–Crippen MR) is 66.9 cm³/mol. The summed E-state index contributed by atoms with van der Waals surface area (Å²) in [5.74, 6) is 0. The van der Waals surface area contributed by atoms with Gasteiger partial charge in [0.15, 0.2) is 10.1 Å². The number of unbranched alkanes of at least 4 members (excludes halogenated alkanes) is 7. The van der Waals surface area contributed by atoms with E-state index in [1.165, 1.54) is 0 Å². The zero-order valence-corrected chi connectivity index (χ0v) is 13.4. The Morgan fingerprint density at radius 2 is 1.00 bits per heavy atom. The molecular weight excluding hydrogens is 326 g/mol. The molecule has 10 heteroatoms. The molecular formula is C12H20F5LiO3S. The van der Waals surface area contributed by atoms with Crippen molar-refractivity contribution in [1.29, 1.82) is 0 Å². The van der Waals surface area contributed by atoms with Crippen molar-refractivity contribution in [3.8, 4) is 0 Å². The van der Waals surface area contributed by atoms with Gasteiger partial charge in [0.1, 0.15) is 0 Å². The van der Waals surface area contributed by atoms with Gasteiger partial charge in [-0.2, -0.15) is 22.0 Å². The van der Waals surface area contributed by atoms with Crippen LogP contribution >= 0.6 is 0 Å². The van der Waals surface area contributed by atoms with E-state index in [-0.39, 0.29) is 31.7 Å². The van der Waals surface area contributed by atoms with Crippen molar-refractivity contribution in [3.63, 3.8) is 0 Å². The molecule has 0 aliphatic rings. The van der Waals surface area contributed by atoms with E-state index in [9.17, 15) is 34.9 Å². The van der Waals surface area contributed by atoms with E-state index in [1.807, 2.05) is 0 Å². The van der Waals surface area contributed by atoms with Gasteiger partial charge in [-0.1, -0.05) is 38.5 Å². The Labute approximate surface area is 140 Å². The van der Waals surface area contributed by atoms with Crippen LogP contribution in [0, 0.1) is 0 Å². The second-order valence-electron chi connectivity index (χ2n) is 5.04. The maximum absolute atomic E-state index is 12.7. The van der Waals surface area contributed by atoms with Crippen LogP contribution in [0.5, 0.6) is 0 Å². The molecule has 0 saturated carbocycles. The van der Waals surface area contributed by atoms with Gasteiger partial charge in [0.2, 0.25) is 0 Å². The molecule has 0 aliphatic heterocycles. The Bertz CT molecular complexity index is 385. The van der Waals surface area contributed by atoms with Crippen molar-refractivity contribution in [3.05, 3.63) is 0 Å². The van der Waals surface area contributed by atoms with Gasteiger partial charge in [0.25, 0.3) is 0 Å². The summed E-state index contributed by atoms with van der Waals surface area (Å²) in [6, 6.07) is 0. The number of hydrogen-bond donors (Lipinski definition) is 0. The molecule has 22 heavy (non-hydrogen) atoms. The van der Waals surface area contributed by atoms with Crippen LogP contribution in [0.2, 0.25) is 0 Å². The van der Waals surface area contributed by atoms with Crippen molar-refractivity contribution >= 4 is 10.1 Å². The van der Waals surface area contributed by atoms with Crippen LogP contribution in [0.1, 0.15) is 64.2 Å². The molecule has 0 spiro atoms. The first-order valence-electron chi connectivity index (χ1n) is 6.86. The van der Waals surface area contributed by atoms with Crippen LogP contribution < -0.4 is 18.9 Å². The van der Waals surface area contributed by atoms with Crippen molar-refractivity contribution in [2.75, 3.05) is 0 Å². The molecule has 0 aliphatic carbocycles. The first-order chi connectivity index (χ1) is 9.46. The SMILES string of the molecule is O=S(=O)([O-])C(F)(F)CCCCCCCCCCC(F)(F)F.[Li+]. The van der Waals surface area contributed by atoms with Gasteiger partial charge in [0.05, 0.1) is 0 Å². The fourth-order valence-electron chi connectivity index (χ4n) is 1.84. The maximum Gasteiger partial charge on any atom is 1.00 e. The largest absolute Gasteiger partial charge is 1.00 e. The van der Waals surface area contributed by atoms with Crippen LogP contribution in [0.25, 0.3) is 0 Å². The molecule has 0 saturated heterocycles. The van der Waals surface area contributed by atoms with E-state index in [4.69, 9.17) is 0 Å². The van der Waals surface area contributed by atoms with E-state index >= 15 is 0 Å². The van der Waals surface area contributed by atoms with Crippen LogP contribution in [-0.2, 0) is 10.1 Å². The Balaban J connectivity index is 0. The normalized spacial score (nSPS) is 13.0. The number of halogens is 5. The second kappa shape index (κ2) is 10.8. The molecule has 0 fully saturated rings. The van der Waals surface area contributed by atoms with Crippen LogP contribution in [0.4, 0.5) is 22.0 Å². The van der Waals surface area contributed by atoms with Gasteiger partial charge in [-0.05, 0) is 12.8 Å². The fraction of sp³-hybridized carbons (Fsp3) is 1.00. The molecule has 0 amide bonds. The smallest absolute Gasteiger partial charge is 0.743 e. The van der Waals surface area contributed by atoms with Gasteiger partial charge < -0.3 is 4.55 Å². The van der Waals surface area contributed by atoms with Crippen molar-refractivity contribution in [2.45, 2.75) is 75.6 Å². The Hall–Kier alpha value is 0.157. The molecule has 0 atom stereocenters. The van der Waals surface area contributed by atoms with Crippen molar-refractivity contribution in [1.82, 2.24) is 0 Å². The number of alkyl halides is 5. The minimum atomic E-state index is -5.60. The molecule has 0 unspecified atom stereocenters. The number of rotatable bonds is 11. The molecule has 3 nitrogen and oxygen atoms in total. The summed E-state index contributed by atoms with van der Waals surface area (Å²) in [6.45, 7) is 0. The summed E-state index contributed by atoms with van der Waals surface area (Å²) in [7, 11) is -5.60. The van der Waals surface area contributed by atoms with Crippen LogP contribution in [0.3, 0.4) is 0 Å². The summed E-state index contributed by atoms with van der Waals surface area (Å²) in [5.41, 5.74) is 0. The zero-order valence-electron chi connectivity index (χ0n) is 12.6. The van der Waals surface area contributed by atoms with E-state index in [0.717, 1.165) is 0 Å². The first kappa shape index (κ1) is 24.4. The van der Waals surface area contributed by atoms with E-state index in [0.29, 0.717) is 38.5 Å². The third-order valence-electron chi connectivity index (χ3n) is 3.04. The van der Waals surface area contributed by atoms with E-state index < -0.39 is 34.4 Å². The molecule has 128 valence electrons. The van der Waals surface area contributed by atoms with Crippen LogP contribution in [-0.4, -0.2) is 24.4 Å². The quantitative estimate of drug-likeness (QED) is 0.247. The van der Waals surface area contributed by atoms with Gasteiger partial charge in [-0.3, -0.25) is 0 Å². The minimum absolute atomic E-state index is 0. The second-order valence-corrected chi connectivity index (χ2v) is 6.54. The summed E-state index contributed by atoms with van der Waals surface area (Å²) in [4.78, 5) is 0. The maximum atomic E-state index is 12.7. The zero-order chi connectivity index (χ0) is 16.6. The molecule has 0 aromatic heterocycles. The summed E-state index contributed by atoms with van der Waals surface area (Å²) < 4.78 is 91.6. The van der Waals surface area contributed by atoms with Gasteiger partial charge in [-0.15, -0.1) is 0 Å². The van der Waals surface area contributed by atoms with Gasteiger partial charge in [-0.25, -0.2) is 8.42 Å². The summed E-state index contributed by atoms with van der Waals surface area (Å²) in [6.07, 6.45) is -2.35. The van der Waals surface area contributed by atoms with Crippen molar-refractivity contribution in [2.24, 2.45) is 0 Å². The average molecular weight is 346 g/mol. The topological polar surface area (TPSA) is 57.2 Å². The third-order valence-corrected chi connectivity index (χ3v) is 3.98. The summed E-state index contributed by atoms with van der Waals surface area (Å²) >= 11 is 0. The summed E-state index contributed by atoms with van der Waals surface area (Å²) in [5, 5.41) is -4.22. The van der Waals surface area contributed by atoms with Crippen LogP contribution in [0.15, 0.2) is 0 Å². The third kappa shape index (κ3) is 12.7. The predicted octanol–water partition coefficient (Wildman–Crippen LogP) is 1.59. The minimum Gasteiger partial charge on any atom is -0.743 e. The van der Waals surface area contributed by atoms with Crippen molar-refractivity contribution < 1.29 is 53.8 Å².